The molecule has 0 aromatic heterocycles. The summed E-state index contributed by atoms with van der Waals surface area (Å²) in [5, 5.41) is 7.54. The van der Waals surface area contributed by atoms with E-state index in [4.69, 9.17) is 0 Å². The average Bonchev–Trinajstić information content (AvgIpc) is 2.41. The van der Waals surface area contributed by atoms with Crippen molar-refractivity contribution in [3.05, 3.63) is 0 Å². The maximum atomic E-state index is 3.77. The molecule has 0 bridgehead atoms. The van der Waals surface area contributed by atoms with Gasteiger partial charge in [0.2, 0.25) is 0 Å². The molecule has 2 atom stereocenters. The lowest BCUT2D eigenvalue weighted by atomic mass is 9.99. The fourth-order valence-corrected chi connectivity index (χ4v) is 3.30. The molecule has 0 rings (SSSR count). The van der Waals surface area contributed by atoms with E-state index in [0.717, 1.165) is 23.9 Å². The highest BCUT2D eigenvalue weighted by Gasteiger charge is 2.10. The maximum absolute atomic E-state index is 3.77. The van der Waals surface area contributed by atoms with Gasteiger partial charge in [-0.05, 0) is 63.5 Å². The highest BCUT2D eigenvalue weighted by atomic mass is 14.9. The molecule has 0 radical (unpaired) electrons. The van der Waals surface area contributed by atoms with Gasteiger partial charge >= 0.3 is 0 Å². The van der Waals surface area contributed by atoms with Crippen molar-refractivity contribution in [3.63, 3.8) is 0 Å². The summed E-state index contributed by atoms with van der Waals surface area (Å²) in [6.07, 6.45) is 10.5. The lowest BCUT2D eigenvalue weighted by Crippen LogP contribution is -2.33. The van der Waals surface area contributed by atoms with Gasteiger partial charge in [-0.3, -0.25) is 0 Å². The summed E-state index contributed by atoms with van der Waals surface area (Å²) in [4.78, 5) is 0. The molecule has 0 saturated carbocycles. The predicted molar refractivity (Wildman–Crippen MR) is 102 cm³/mol. The first-order valence-corrected chi connectivity index (χ1v) is 9.96. The fourth-order valence-electron chi connectivity index (χ4n) is 3.30. The summed E-state index contributed by atoms with van der Waals surface area (Å²) in [6.45, 7) is 16.3. The van der Waals surface area contributed by atoms with E-state index in [-0.39, 0.29) is 0 Å². The standard InChI is InChI=1S/C20H44N2/c1-7-11-19(15-17(3)4)21-13-9-10-14-22-20(12-8-2)16-18(5)6/h17-22H,7-16H2,1-6H3. The molecule has 0 saturated heterocycles. The van der Waals surface area contributed by atoms with E-state index in [1.807, 2.05) is 0 Å². The third-order valence-corrected chi connectivity index (χ3v) is 4.26. The summed E-state index contributed by atoms with van der Waals surface area (Å²) in [5.74, 6) is 1.60. The molecule has 2 nitrogen and oxygen atoms in total. The molecule has 0 fully saturated rings. The van der Waals surface area contributed by atoms with Gasteiger partial charge in [-0.1, -0.05) is 54.4 Å². The second-order valence-electron chi connectivity index (χ2n) is 7.85. The van der Waals surface area contributed by atoms with Gasteiger partial charge in [0.15, 0.2) is 0 Å². The second-order valence-corrected chi connectivity index (χ2v) is 7.85. The first kappa shape index (κ1) is 21.9. The molecular weight excluding hydrogens is 268 g/mol. The van der Waals surface area contributed by atoms with Crippen LogP contribution in [0.3, 0.4) is 0 Å². The van der Waals surface area contributed by atoms with Crippen LogP contribution >= 0.6 is 0 Å². The van der Waals surface area contributed by atoms with Gasteiger partial charge in [0.25, 0.3) is 0 Å². The zero-order chi connectivity index (χ0) is 16.8. The topological polar surface area (TPSA) is 24.1 Å². The van der Waals surface area contributed by atoms with Crippen LogP contribution in [-0.4, -0.2) is 25.2 Å². The van der Waals surface area contributed by atoms with Gasteiger partial charge in [-0.2, -0.15) is 0 Å². The van der Waals surface area contributed by atoms with E-state index in [2.05, 4.69) is 52.2 Å². The molecule has 0 aromatic carbocycles. The monoisotopic (exact) mass is 312 g/mol. The smallest absolute Gasteiger partial charge is 0.00693 e. The Hall–Kier alpha value is -0.0800. The molecule has 0 aliphatic heterocycles. The van der Waals surface area contributed by atoms with Gasteiger partial charge in [-0.15, -0.1) is 0 Å². The van der Waals surface area contributed by atoms with E-state index in [1.54, 1.807) is 0 Å². The van der Waals surface area contributed by atoms with Crippen LogP contribution in [0, 0.1) is 11.8 Å². The van der Waals surface area contributed by atoms with Crippen LogP contribution in [0.15, 0.2) is 0 Å². The van der Waals surface area contributed by atoms with Crippen molar-refractivity contribution in [2.45, 2.75) is 105 Å². The third kappa shape index (κ3) is 13.6. The Bertz CT molecular complexity index is 202. The van der Waals surface area contributed by atoms with Crippen LogP contribution in [0.25, 0.3) is 0 Å². The van der Waals surface area contributed by atoms with Gasteiger partial charge < -0.3 is 10.6 Å². The van der Waals surface area contributed by atoms with Crippen LogP contribution in [-0.2, 0) is 0 Å². The van der Waals surface area contributed by atoms with Crippen molar-refractivity contribution in [2.75, 3.05) is 13.1 Å². The molecule has 0 heterocycles. The van der Waals surface area contributed by atoms with Crippen LogP contribution in [0.5, 0.6) is 0 Å². The molecule has 0 spiro atoms. The Morgan fingerprint density at radius 1 is 0.636 bits per heavy atom. The highest BCUT2D eigenvalue weighted by Crippen LogP contribution is 2.11. The first-order chi connectivity index (χ1) is 10.5. The van der Waals surface area contributed by atoms with E-state index < -0.39 is 0 Å². The van der Waals surface area contributed by atoms with Gasteiger partial charge in [0.1, 0.15) is 0 Å². The number of rotatable bonds is 15. The number of hydrogen-bond donors (Lipinski definition) is 2. The van der Waals surface area contributed by atoms with Crippen LogP contribution in [0.1, 0.15) is 92.9 Å². The Morgan fingerprint density at radius 2 is 1.00 bits per heavy atom. The van der Waals surface area contributed by atoms with Crippen LogP contribution < -0.4 is 10.6 Å². The third-order valence-electron chi connectivity index (χ3n) is 4.26. The second kappa shape index (κ2) is 14.5. The van der Waals surface area contributed by atoms with E-state index in [9.17, 15) is 0 Å². The first-order valence-electron chi connectivity index (χ1n) is 9.96. The Kier molecular flexibility index (Phi) is 14.5. The maximum Gasteiger partial charge on any atom is 0.00693 e. The largest absolute Gasteiger partial charge is 0.314 e. The van der Waals surface area contributed by atoms with Gasteiger partial charge in [0.05, 0.1) is 0 Å². The van der Waals surface area contributed by atoms with Crippen LogP contribution in [0.2, 0.25) is 0 Å². The summed E-state index contributed by atoms with van der Waals surface area (Å²) < 4.78 is 0. The Morgan fingerprint density at radius 3 is 1.27 bits per heavy atom. The SMILES string of the molecule is CCCC(CC(C)C)NCCCCNC(CCC)CC(C)C. The summed E-state index contributed by atoms with van der Waals surface area (Å²) in [6, 6.07) is 1.46. The zero-order valence-electron chi connectivity index (χ0n) is 16.4. The quantitative estimate of drug-likeness (QED) is 0.397. The van der Waals surface area contributed by atoms with Crippen molar-refractivity contribution in [1.82, 2.24) is 10.6 Å². The molecule has 0 amide bonds. The van der Waals surface area contributed by atoms with Crippen molar-refractivity contribution in [3.8, 4) is 0 Å². The van der Waals surface area contributed by atoms with E-state index in [1.165, 1.54) is 64.5 Å². The van der Waals surface area contributed by atoms with Crippen molar-refractivity contribution < 1.29 is 0 Å². The number of unbranched alkanes of at least 4 members (excludes halogenated alkanes) is 1. The zero-order valence-corrected chi connectivity index (χ0v) is 16.4. The van der Waals surface area contributed by atoms with E-state index >= 15 is 0 Å². The molecule has 2 heteroatoms. The van der Waals surface area contributed by atoms with Crippen LogP contribution in [0.4, 0.5) is 0 Å². The van der Waals surface area contributed by atoms with Crippen molar-refractivity contribution in [1.29, 1.82) is 0 Å². The van der Waals surface area contributed by atoms with Gasteiger partial charge in [0, 0.05) is 12.1 Å². The predicted octanol–water partition coefficient (Wildman–Crippen LogP) is 5.38. The summed E-state index contributed by atoms with van der Waals surface area (Å²) in [7, 11) is 0. The molecule has 0 aliphatic rings. The van der Waals surface area contributed by atoms with Gasteiger partial charge in [-0.25, -0.2) is 0 Å². The molecule has 2 unspecified atom stereocenters. The van der Waals surface area contributed by atoms with E-state index in [0.29, 0.717) is 0 Å². The Labute approximate surface area is 141 Å². The Balaban J connectivity index is 3.72. The van der Waals surface area contributed by atoms with Crippen molar-refractivity contribution in [2.24, 2.45) is 11.8 Å². The molecular formula is C20H44N2. The molecule has 0 aliphatic carbocycles. The number of nitrogens with one attached hydrogen (secondary N) is 2. The molecule has 0 aromatic rings. The van der Waals surface area contributed by atoms with Crippen molar-refractivity contribution >= 4 is 0 Å². The number of hydrogen-bond acceptors (Lipinski definition) is 2. The lowest BCUT2D eigenvalue weighted by molar-refractivity contribution is 0.377. The normalized spacial score (nSPS) is 14.7. The molecule has 134 valence electrons. The molecule has 2 N–H and O–H groups in total. The fraction of sp³-hybridized carbons (Fsp3) is 1.00. The minimum absolute atomic E-state index is 0.728. The summed E-state index contributed by atoms with van der Waals surface area (Å²) in [5.41, 5.74) is 0. The summed E-state index contributed by atoms with van der Waals surface area (Å²) >= 11 is 0. The minimum Gasteiger partial charge on any atom is -0.314 e. The minimum atomic E-state index is 0.728. The lowest BCUT2D eigenvalue weighted by Gasteiger charge is -2.21. The highest BCUT2D eigenvalue weighted by molar-refractivity contribution is 4.70. The molecule has 22 heavy (non-hydrogen) atoms. The average molecular weight is 313 g/mol.